The van der Waals surface area contributed by atoms with Gasteiger partial charge in [0, 0.05) is 12.0 Å². The quantitative estimate of drug-likeness (QED) is 0.644. The van der Waals surface area contributed by atoms with Gasteiger partial charge in [0.15, 0.2) is 16.4 Å². The fraction of sp³-hybridized carbons (Fsp3) is 0.238. The summed E-state index contributed by atoms with van der Waals surface area (Å²) in [5.74, 6) is -0.823. The Hall–Kier alpha value is -3.13. The SMILES string of the molecule is COc1cccc(C(=O)OCC(=O)N(Cc2ccccc2)[C@H]2C=CS(=O)(=O)C2)c1. The Balaban J connectivity index is 1.70. The number of benzene rings is 2. The van der Waals surface area contributed by atoms with Crippen molar-refractivity contribution in [2.75, 3.05) is 19.5 Å². The third-order valence-electron chi connectivity index (χ3n) is 4.46. The lowest BCUT2D eigenvalue weighted by Gasteiger charge is -2.27. The van der Waals surface area contributed by atoms with Gasteiger partial charge in [-0.2, -0.15) is 0 Å². The number of carbonyl (C=O) groups excluding carboxylic acids is 2. The predicted octanol–water partition coefficient (Wildman–Crippen LogP) is 2.19. The van der Waals surface area contributed by atoms with Crippen LogP contribution in [-0.2, 0) is 25.9 Å². The van der Waals surface area contributed by atoms with Gasteiger partial charge in [0.2, 0.25) is 0 Å². The van der Waals surface area contributed by atoms with E-state index in [0.29, 0.717) is 5.75 Å². The Morgan fingerprint density at radius 1 is 1.10 bits per heavy atom. The van der Waals surface area contributed by atoms with Crippen molar-refractivity contribution in [1.29, 1.82) is 0 Å². The van der Waals surface area contributed by atoms with E-state index in [9.17, 15) is 18.0 Å². The Morgan fingerprint density at radius 3 is 2.52 bits per heavy atom. The lowest BCUT2D eigenvalue weighted by molar-refractivity contribution is -0.136. The van der Waals surface area contributed by atoms with Crippen LogP contribution in [0.25, 0.3) is 0 Å². The first-order valence-corrected chi connectivity index (χ1v) is 10.6. The molecule has 0 aliphatic carbocycles. The van der Waals surface area contributed by atoms with Gasteiger partial charge in [-0.3, -0.25) is 4.79 Å². The van der Waals surface area contributed by atoms with Gasteiger partial charge in [0.05, 0.1) is 24.5 Å². The minimum absolute atomic E-state index is 0.185. The predicted molar refractivity (Wildman–Crippen MR) is 107 cm³/mol. The van der Waals surface area contributed by atoms with Crippen LogP contribution in [0.3, 0.4) is 0 Å². The number of amides is 1. The van der Waals surface area contributed by atoms with Gasteiger partial charge in [-0.1, -0.05) is 36.4 Å². The van der Waals surface area contributed by atoms with Crippen molar-refractivity contribution in [1.82, 2.24) is 4.90 Å². The van der Waals surface area contributed by atoms with Crippen molar-refractivity contribution in [2.24, 2.45) is 0 Å². The summed E-state index contributed by atoms with van der Waals surface area (Å²) in [4.78, 5) is 26.5. The Kier molecular flexibility index (Phi) is 6.33. The summed E-state index contributed by atoms with van der Waals surface area (Å²) in [6.45, 7) is -0.284. The summed E-state index contributed by atoms with van der Waals surface area (Å²) < 4.78 is 33.9. The number of nitrogens with zero attached hydrogens (tertiary/aromatic N) is 1. The molecular weight excluding hydrogens is 394 g/mol. The lowest BCUT2D eigenvalue weighted by atomic mass is 10.1. The molecule has 1 aliphatic rings. The number of hydrogen-bond donors (Lipinski definition) is 0. The van der Waals surface area contributed by atoms with Crippen LogP contribution < -0.4 is 4.74 Å². The lowest BCUT2D eigenvalue weighted by Crippen LogP contribution is -2.42. The second-order valence-electron chi connectivity index (χ2n) is 6.54. The molecule has 0 N–H and O–H groups in total. The van der Waals surface area contributed by atoms with Gasteiger partial charge in [0.1, 0.15) is 5.75 Å². The van der Waals surface area contributed by atoms with Crippen molar-refractivity contribution in [3.05, 3.63) is 77.2 Å². The highest BCUT2D eigenvalue weighted by Crippen LogP contribution is 2.18. The summed E-state index contributed by atoms with van der Waals surface area (Å²) in [7, 11) is -1.86. The number of carbonyl (C=O) groups is 2. The molecule has 0 aromatic heterocycles. The monoisotopic (exact) mass is 415 g/mol. The maximum Gasteiger partial charge on any atom is 0.338 e. The fourth-order valence-corrected chi connectivity index (χ4v) is 4.27. The van der Waals surface area contributed by atoms with E-state index in [1.807, 2.05) is 30.3 Å². The zero-order chi connectivity index (χ0) is 20.9. The van der Waals surface area contributed by atoms with Crippen LogP contribution in [0.15, 0.2) is 66.1 Å². The number of methoxy groups -OCH3 is 1. The van der Waals surface area contributed by atoms with E-state index in [0.717, 1.165) is 11.0 Å². The second kappa shape index (κ2) is 8.91. The molecule has 0 bridgehead atoms. The van der Waals surface area contributed by atoms with E-state index in [-0.39, 0.29) is 17.9 Å². The molecule has 1 amide bonds. The first-order valence-electron chi connectivity index (χ1n) is 8.93. The van der Waals surface area contributed by atoms with Crippen LogP contribution in [0.1, 0.15) is 15.9 Å². The van der Waals surface area contributed by atoms with Crippen molar-refractivity contribution < 1.29 is 27.5 Å². The Morgan fingerprint density at radius 2 is 1.86 bits per heavy atom. The molecule has 0 saturated heterocycles. The normalized spacial score (nSPS) is 16.9. The highest BCUT2D eigenvalue weighted by molar-refractivity contribution is 7.94. The van der Waals surface area contributed by atoms with Gasteiger partial charge in [0.25, 0.3) is 5.91 Å². The van der Waals surface area contributed by atoms with E-state index in [1.165, 1.54) is 24.2 Å². The van der Waals surface area contributed by atoms with Crippen LogP contribution in [0.4, 0.5) is 0 Å². The number of esters is 1. The number of rotatable bonds is 7. The molecule has 3 rings (SSSR count). The highest BCUT2D eigenvalue weighted by Gasteiger charge is 2.30. The number of sulfone groups is 1. The average Bonchev–Trinajstić information content (AvgIpc) is 3.10. The van der Waals surface area contributed by atoms with Gasteiger partial charge in [-0.15, -0.1) is 0 Å². The van der Waals surface area contributed by atoms with E-state index >= 15 is 0 Å². The molecule has 0 spiro atoms. The van der Waals surface area contributed by atoms with E-state index in [1.54, 1.807) is 18.2 Å². The van der Waals surface area contributed by atoms with Gasteiger partial charge in [-0.05, 0) is 29.8 Å². The molecule has 0 saturated carbocycles. The van der Waals surface area contributed by atoms with Crippen LogP contribution >= 0.6 is 0 Å². The summed E-state index contributed by atoms with van der Waals surface area (Å²) in [5, 5.41) is 1.12. The molecule has 8 heteroatoms. The smallest absolute Gasteiger partial charge is 0.338 e. The van der Waals surface area contributed by atoms with Crippen molar-refractivity contribution in [2.45, 2.75) is 12.6 Å². The molecular formula is C21H21NO6S. The summed E-state index contributed by atoms with van der Waals surface area (Å²) in [5.41, 5.74) is 1.10. The van der Waals surface area contributed by atoms with E-state index < -0.39 is 34.4 Å². The van der Waals surface area contributed by atoms with Crippen LogP contribution in [0.5, 0.6) is 5.75 Å². The van der Waals surface area contributed by atoms with Crippen LogP contribution in [0, 0.1) is 0 Å². The number of hydrogen-bond acceptors (Lipinski definition) is 6. The molecule has 1 heterocycles. The van der Waals surface area contributed by atoms with E-state index in [2.05, 4.69) is 0 Å². The van der Waals surface area contributed by atoms with E-state index in [4.69, 9.17) is 9.47 Å². The van der Waals surface area contributed by atoms with Crippen molar-refractivity contribution in [3.63, 3.8) is 0 Å². The zero-order valence-corrected chi connectivity index (χ0v) is 16.7. The molecule has 1 atom stereocenters. The molecule has 152 valence electrons. The van der Waals surface area contributed by atoms with Crippen LogP contribution in [0.2, 0.25) is 0 Å². The average molecular weight is 415 g/mol. The number of ether oxygens (including phenoxy) is 2. The maximum atomic E-state index is 12.8. The molecule has 0 unspecified atom stereocenters. The molecule has 29 heavy (non-hydrogen) atoms. The molecule has 1 aliphatic heterocycles. The highest BCUT2D eigenvalue weighted by atomic mass is 32.2. The third kappa shape index (κ3) is 5.45. The maximum absolute atomic E-state index is 12.8. The molecule has 2 aromatic rings. The van der Waals surface area contributed by atoms with Crippen molar-refractivity contribution in [3.8, 4) is 5.75 Å². The summed E-state index contributed by atoms with van der Waals surface area (Å²) >= 11 is 0. The minimum atomic E-state index is -3.34. The standard InChI is InChI=1S/C21H21NO6S/c1-27-19-9-5-8-17(12-19)21(24)28-14-20(23)22(13-16-6-3-2-4-7-16)18-10-11-29(25,26)15-18/h2-12,18H,13-15H2,1H3/t18-/m0/s1. The summed E-state index contributed by atoms with van der Waals surface area (Å²) in [6, 6.07) is 15.0. The van der Waals surface area contributed by atoms with Crippen molar-refractivity contribution >= 4 is 21.7 Å². The Labute approximate surface area is 169 Å². The second-order valence-corrected chi connectivity index (χ2v) is 8.47. The Bertz CT molecular complexity index is 1020. The van der Waals surface area contributed by atoms with Gasteiger partial charge >= 0.3 is 5.97 Å². The first-order chi connectivity index (χ1) is 13.9. The minimum Gasteiger partial charge on any atom is -0.497 e. The van der Waals surface area contributed by atoms with Gasteiger partial charge < -0.3 is 14.4 Å². The van der Waals surface area contributed by atoms with Crippen LogP contribution in [-0.4, -0.2) is 50.7 Å². The molecule has 0 fully saturated rings. The molecule has 0 radical (unpaired) electrons. The van der Waals surface area contributed by atoms with Gasteiger partial charge in [-0.25, -0.2) is 13.2 Å². The topological polar surface area (TPSA) is 90.0 Å². The largest absolute Gasteiger partial charge is 0.497 e. The molecule has 7 nitrogen and oxygen atoms in total. The summed E-state index contributed by atoms with van der Waals surface area (Å²) in [6.07, 6.45) is 1.49. The first kappa shape index (κ1) is 20.6. The third-order valence-corrected chi connectivity index (χ3v) is 5.84. The molecule has 2 aromatic carbocycles. The zero-order valence-electron chi connectivity index (χ0n) is 15.9. The fourth-order valence-electron chi connectivity index (χ4n) is 2.97.